The molecule has 4 rings (SSSR count). The Morgan fingerprint density at radius 3 is 2.00 bits per heavy atom. The maximum atomic E-state index is 14.9. The van der Waals surface area contributed by atoms with Gasteiger partial charge < -0.3 is 4.74 Å². The highest BCUT2D eigenvalue weighted by molar-refractivity contribution is 5.86. The van der Waals surface area contributed by atoms with Crippen LogP contribution in [0.25, 0.3) is 21.9 Å². The number of halogens is 8. The van der Waals surface area contributed by atoms with E-state index in [-0.39, 0.29) is 10.8 Å². The van der Waals surface area contributed by atoms with Crippen molar-refractivity contribution in [3.8, 4) is 28.7 Å². The maximum absolute atomic E-state index is 14.9. The molecular weight excluding hydrogens is 516 g/mol. The van der Waals surface area contributed by atoms with Gasteiger partial charge in [-0.25, -0.2) is 8.78 Å². The average Bonchev–Trinajstić information content (AvgIpc) is 2.86. The summed E-state index contributed by atoms with van der Waals surface area (Å²) in [6.07, 6.45) is -7.74. The second kappa shape index (κ2) is 10.7. The first kappa shape index (κ1) is 27.0. The molecule has 196 valence electrons. The number of fused-ring (bicyclic) bond motifs is 1. The molecule has 0 aliphatic carbocycles. The Bertz CT molecular complexity index is 1500. The van der Waals surface area contributed by atoms with Gasteiger partial charge in [0.1, 0.15) is 17.4 Å². The van der Waals surface area contributed by atoms with Gasteiger partial charge in [-0.05, 0) is 71.3 Å². The van der Waals surface area contributed by atoms with Crippen LogP contribution in [0.4, 0.5) is 35.1 Å². The van der Waals surface area contributed by atoms with E-state index in [9.17, 15) is 35.1 Å². The van der Waals surface area contributed by atoms with Gasteiger partial charge in [0, 0.05) is 11.3 Å². The lowest BCUT2D eigenvalue weighted by molar-refractivity contribution is -0.185. The van der Waals surface area contributed by atoms with Gasteiger partial charge in [-0.15, -0.1) is 0 Å². The van der Waals surface area contributed by atoms with E-state index in [1.165, 1.54) is 30.2 Å². The van der Waals surface area contributed by atoms with Gasteiger partial charge in [0.05, 0.1) is 17.8 Å². The molecule has 0 aromatic heterocycles. The number of alkyl halides is 6. The molecule has 0 radical (unpaired) electrons. The number of hydrogen-bond donors (Lipinski definition) is 0. The normalized spacial score (nSPS) is 11.8. The zero-order valence-corrected chi connectivity index (χ0v) is 19.5. The molecule has 0 bridgehead atoms. The third kappa shape index (κ3) is 6.25. The van der Waals surface area contributed by atoms with Crippen molar-refractivity contribution in [2.24, 2.45) is 0 Å². The van der Waals surface area contributed by atoms with Gasteiger partial charge in [0.2, 0.25) is 0 Å². The van der Waals surface area contributed by atoms with Crippen LogP contribution < -0.4 is 4.74 Å². The zero-order chi connectivity index (χ0) is 27.5. The first-order valence-corrected chi connectivity index (χ1v) is 11.3. The van der Waals surface area contributed by atoms with Crippen molar-refractivity contribution < 1.29 is 39.9 Å². The first-order valence-electron chi connectivity index (χ1n) is 11.3. The molecule has 0 aliphatic rings. The fraction of sp³-hybridized carbons (Fsp3) is 0.172. The van der Waals surface area contributed by atoms with Gasteiger partial charge in [-0.2, -0.15) is 22.0 Å². The van der Waals surface area contributed by atoms with Crippen LogP contribution in [-0.2, 0) is 12.5 Å². The van der Waals surface area contributed by atoms with Gasteiger partial charge in [-0.3, -0.25) is 4.39 Å². The molecule has 0 amide bonds. The Balaban J connectivity index is 1.54. The summed E-state index contributed by atoms with van der Waals surface area (Å²) in [7, 11) is 0. The van der Waals surface area contributed by atoms with Crippen LogP contribution >= 0.6 is 0 Å². The molecule has 0 fully saturated rings. The summed E-state index contributed by atoms with van der Waals surface area (Å²) in [5.41, 5.74) is 0.855. The molecule has 4 aromatic rings. The van der Waals surface area contributed by atoms with E-state index in [0.717, 1.165) is 35.2 Å². The smallest absolute Gasteiger partial charge is 0.429 e. The zero-order valence-electron chi connectivity index (χ0n) is 19.5. The van der Waals surface area contributed by atoms with E-state index in [0.29, 0.717) is 24.5 Å². The number of benzene rings is 4. The lowest BCUT2D eigenvalue weighted by atomic mass is 10.0. The van der Waals surface area contributed by atoms with Gasteiger partial charge in [0.25, 0.3) is 0 Å². The second-order valence-corrected chi connectivity index (χ2v) is 8.36. The van der Waals surface area contributed by atoms with Gasteiger partial charge >= 0.3 is 12.3 Å². The Hall–Kier alpha value is -4.06. The Kier molecular flexibility index (Phi) is 7.63. The first-order chi connectivity index (χ1) is 18.0. The molecule has 0 saturated heterocycles. The van der Waals surface area contributed by atoms with Crippen molar-refractivity contribution in [1.29, 1.82) is 0 Å². The maximum Gasteiger partial charge on any atom is 0.458 e. The number of rotatable bonds is 7. The third-order valence-corrected chi connectivity index (χ3v) is 5.68. The Morgan fingerprint density at radius 2 is 1.39 bits per heavy atom. The summed E-state index contributed by atoms with van der Waals surface area (Å²) in [5.74, 6) is -0.906. The summed E-state index contributed by atoms with van der Waals surface area (Å²) in [6.45, 7) is -0.409. The van der Waals surface area contributed by atoms with Crippen LogP contribution in [0.2, 0.25) is 0 Å². The van der Waals surface area contributed by atoms with E-state index in [1.807, 2.05) is 24.3 Å². The van der Waals surface area contributed by atoms with Crippen LogP contribution in [0, 0.1) is 23.5 Å². The van der Waals surface area contributed by atoms with Crippen LogP contribution in [0.1, 0.15) is 23.1 Å². The minimum Gasteiger partial charge on any atom is -0.429 e. The van der Waals surface area contributed by atoms with Crippen molar-refractivity contribution in [2.75, 3.05) is 6.67 Å². The molecule has 1 nitrogen and oxygen atoms in total. The summed E-state index contributed by atoms with van der Waals surface area (Å²) in [6, 6.07) is 16.3. The summed E-state index contributed by atoms with van der Waals surface area (Å²) >= 11 is 0. The van der Waals surface area contributed by atoms with Crippen molar-refractivity contribution in [3.05, 3.63) is 101 Å². The highest BCUT2D eigenvalue weighted by Gasteiger charge is 2.34. The van der Waals surface area contributed by atoms with Crippen LogP contribution in [0.5, 0.6) is 5.75 Å². The molecule has 0 N–H and O–H groups in total. The topological polar surface area (TPSA) is 9.23 Å². The number of ether oxygens (including phenoxy) is 1. The van der Waals surface area contributed by atoms with E-state index >= 15 is 0 Å². The van der Waals surface area contributed by atoms with Crippen molar-refractivity contribution >= 4 is 10.8 Å². The predicted molar refractivity (Wildman–Crippen MR) is 127 cm³/mol. The SMILES string of the molecule is FCCCc1ccc(-c2ccc(C(F)(F)Oc3ccc4c(F)c(C#CC(F)(F)F)c(F)cc4c3)cc2)cc1. The molecule has 9 heteroatoms. The molecular formula is C29H18F8O. The van der Waals surface area contributed by atoms with E-state index < -0.39 is 47.5 Å². The monoisotopic (exact) mass is 534 g/mol. The van der Waals surface area contributed by atoms with Crippen LogP contribution in [-0.4, -0.2) is 12.9 Å². The fourth-order valence-electron chi connectivity index (χ4n) is 3.82. The van der Waals surface area contributed by atoms with Crippen LogP contribution in [0.3, 0.4) is 0 Å². The van der Waals surface area contributed by atoms with Crippen LogP contribution in [0.15, 0.2) is 72.8 Å². The minimum atomic E-state index is -4.95. The molecule has 0 spiro atoms. The van der Waals surface area contributed by atoms with E-state index in [1.54, 1.807) is 0 Å². The summed E-state index contributed by atoms with van der Waals surface area (Å²) in [4.78, 5) is 0. The lowest BCUT2D eigenvalue weighted by Gasteiger charge is -2.19. The second-order valence-electron chi connectivity index (χ2n) is 8.36. The van der Waals surface area contributed by atoms with Crippen molar-refractivity contribution in [2.45, 2.75) is 25.1 Å². The lowest BCUT2D eigenvalue weighted by Crippen LogP contribution is -2.21. The number of aryl methyl sites for hydroxylation is 1. The van der Waals surface area contributed by atoms with Gasteiger partial charge in [0.15, 0.2) is 0 Å². The standard InChI is InChI=1S/C29H18F8O/c30-15-1-2-18-3-5-19(6-4-18)20-7-9-22(10-8-20)29(36,37)38-23-11-12-24-21(16-23)17-26(31)25(27(24)32)13-14-28(33,34)35/h3-12,16-17H,1-2,15H2. The highest BCUT2D eigenvalue weighted by Crippen LogP contribution is 2.35. The third-order valence-electron chi connectivity index (χ3n) is 5.68. The Labute approximate surface area is 212 Å². The van der Waals surface area contributed by atoms with Crippen molar-refractivity contribution in [1.82, 2.24) is 0 Å². The molecule has 0 unspecified atom stereocenters. The molecule has 38 heavy (non-hydrogen) atoms. The molecule has 0 atom stereocenters. The van der Waals surface area contributed by atoms with E-state index in [4.69, 9.17) is 4.74 Å². The largest absolute Gasteiger partial charge is 0.458 e. The Morgan fingerprint density at radius 1 is 0.763 bits per heavy atom. The predicted octanol–water partition coefficient (Wildman–Crippen LogP) is 8.73. The van der Waals surface area contributed by atoms with Crippen molar-refractivity contribution in [3.63, 3.8) is 0 Å². The highest BCUT2D eigenvalue weighted by atomic mass is 19.4. The van der Waals surface area contributed by atoms with Gasteiger partial charge in [-0.1, -0.05) is 42.3 Å². The summed E-state index contributed by atoms with van der Waals surface area (Å²) in [5, 5.41) is -0.509. The quantitative estimate of drug-likeness (QED) is 0.170. The fourth-order valence-corrected chi connectivity index (χ4v) is 3.82. The molecule has 0 aliphatic heterocycles. The summed E-state index contributed by atoms with van der Waals surface area (Å²) < 4.78 is 113. The average molecular weight is 534 g/mol. The number of hydrogen-bond acceptors (Lipinski definition) is 1. The molecule has 0 heterocycles. The molecule has 4 aromatic carbocycles. The van der Waals surface area contributed by atoms with E-state index in [2.05, 4.69) is 0 Å². The minimum absolute atomic E-state index is 0.198. The molecule has 0 saturated carbocycles.